The van der Waals surface area contributed by atoms with Crippen molar-refractivity contribution in [3.05, 3.63) is 29.8 Å². The lowest BCUT2D eigenvalue weighted by Gasteiger charge is -2.27. The van der Waals surface area contributed by atoms with Gasteiger partial charge in [0.05, 0.1) is 12.7 Å². The fraction of sp³-hybridized carbons (Fsp3) is 0.462. The van der Waals surface area contributed by atoms with Gasteiger partial charge in [-0.1, -0.05) is 25.1 Å². The number of nitrogens with zero attached hydrogens (tertiary/aromatic N) is 1. The van der Waals surface area contributed by atoms with Crippen LogP contribution in [0, 0.1) is 18.3 Å². The van der Waals surface area contributed by atoms with Crippen molar-refractivity contribution in [1.29, 1.82) is 5.26 Å². The summed E-state index contributed by atoms with van der Waals surface area (Å²) in [4.78, 5) is 0. The summed E-state index contributed by atoms with van der Waals surface area (Å²) in [6.07, 6.45) is 0.700. The third-order valence-corrected chi connectivity index (χ3v) is 2.73. The van der Waals surface area contributed by atoms with Gasteiger partial charge in [-0.25, -0.2) is 0 Å². The molecule has 1 rings (SSSR count). The first-order valence-electron chi connectivity index (χ1n) is 5.41. The van der Waals surface area contributed by atoms with Crippen LogP contribution >= 0.6 is 0 Å². The van der Waals surface area contributed by atoms with Gasteiger partial charge in [0, 0.05) is 12.8 Å². The number of ether oxygens (including phenoxy) is 1. The highest BCUT2D eigenvalue weighted by Gasteiger charge is 2.28. The van der Waals surface area contributed by atoms with E-state index in [9.17, 15) is 5.26 Å². The number of anilines is 1. The van der Waals surface area contributed by atoms with E-state index in [2.05, 4.69) is 11.4 Å². The van der Waals surface area contributed by atoms with E-state index in [-0.39, 0.29) is 0 Å². The van der Waals surface area contributed by atoms with Gasteiger partial charge in [-0.05, 0) is 25.0 Å². The molecule has 0 saturated heterocycles. The number of benzene rings is 1. The van der Waals surface area contributed by atoms with E-state index in [4.69, 9.17) is 4.74 Å². The van der Waals surface area contributed by atoms with Crippen LogP contribution in [0.15, 0.2) is 24.3 Å². The maximum absolute atomic E-state index is 9.27. The minimum Gasteiger partial charge on any atom is -0.381 e. The van der Waals surface area contributed by atoms with Crippen LogP contribution in [0.2, 0.25) is 0 Å². The Labute approximate surface area is 97.0 Å². The predicted molar refractivity (Wildman–Crippen MR) is 65.3 cm³/mol. The summed E-state index contributed by atoms with van der Waals surface area (Å²) in [5, 5.41) is 12.5. The molecule has 1 aromatic rings. The number of methoxy groups -OCH3 is 1. The number of hydrogen-bond donors (Lipinski definition) is 1. The van der Waals surface area contributed by atoms with E-state index in [0.29, 0.717) is 13.0 Å². The zero-order chi connectivity index (χ0) is 12.0. The summed E-state index contributed by atoms with van der Waals surface area (Å²) >= 11 is 0. The average Bonchev–Trinajstić information content (AvgIpc) is 2.31. The molecule has 0 aliphatic rings. The molecule has 1 N–H and O–H groups in total. The molecule has 0 radical (unpaired) electrons. The maximum atomic E-state index is 9.27. The van der Waals surface area contributed by atoms with Gasteiger partial charge < -0.3 is 10.1 Å². The minimum atomic E-state index is -0.638. The molecule has 0 amide bonds. The lowest BCUT2D eigenvalue weighted by atomic mass is 9.98. The molecule has 0 saturated carbocycles. The van der Waals surface area contributed by atoms with Crippen molar-refractivity contribution in [3.8, 4) is 6.07 Å². The van der Waals surface area contributed by atoms with Crippen molar-refractivity contribution < 1.29 is 4.74 Å². The Morgan fingerprint density at radius 3 is 2.62 bits per heavy atom. The second kappa shape index (κ2) is 5.53. The monoisotopic (exact) mass is 218 g/mol. The Morgan fingerprint density at radius 1 is 1.44 bits per heavy atom. The van der Waals surface area contributed by atoms with Crippen LogP contribution in [0.25, 0.3) is 0 Å². The Balaban J connectivity index is 2.93. The van der Waals surface area contributed by atoms with Crippen molar-refractivity contribution in [3.63, 3.8) is 0 Å². The molecule has 0 aliphatic carbocycles. The molecule has 1 atom stereocenters. The van der Waals surface area contributed by atoms with Gasteiger partial charge in [0.1, 0.15) is 5.54 Å². The molecule has 0 aliphatic heterocycles. The van der Waals surface area contributed by atoms with Crippen molar-refractivity contribution in [2.45, 2.75) is 25.8 Å². The molecule has 0 aromatic heterocycles. The standard InChI is InChI=1S/C13H18N2O/c1-4-13(9-14,10-16-3)15-12-8-6-5-7-11(12)2/h5-8,15H,4,10H2,1-3H3. The Bertz CT molecular complexity index is 384. The number of rotatable bonds is 5. The maximum Gasteiger partial charge on any atom is 0.148 e. The van der Waals surface area contributed by atoms with E-state index in [0.717, 1.165) is 11.3 Å². The number of para-hydroxylation sites is 1. The summed E-state index contributed by atoms with van der Waals surface area (Å²) in [7, 11) is 1.61. The average molecular weight is 218 g/mol. The molecular weight excluding hydrogens is 200 g/mol. The molecule has 0 heterocycles. The van der Waals surface area contributed by atoms with Gasteiger partial charge in [0.2, 0.25) is 0 Å². The SMILES string of the molecule is CCC(C#N)(COC)Nc1ccccc1C. The highest BCUT2D eigenvalue weighted by Crippen LogP contribution is 2.21. The van der Waals surface area contributed by atoms with Gasteiger partial charge in [-0.15, -0.1) is 0 Å². The number of nitrogens with one attached hydrogen (secondary N) is 1. The van der Waals surface area contributed by atoms with E-state index in [1.807, 2.05) is 38.1 Å². The van der Waals surface area contributed by atoms with Crippen LogP contribution in [0.5, 0.6) is 0 Å². The molecule has 86 valence electrons. The lowest BCUT2D eigenvalue weighted by molar-refractivity contribution is 0.162. The lowest BCUT2D eigenvalue weighted by Crippen LogP contribution is -2.40. The van der Waals surface area contributed by atoms with E-state index < -0.39 is 5.54 Å². The van der Waals surface area contributed by atoms with Crippen LogP contribution in [0.1, 0.15) is 18.9 Å². The molecule has 0 spiro atoms. The summed E-state index contributed by atoms with van der Waals surface area (Å²) in [5.74, 6) is 0. The molecule has 16 heavy (non-hydrogen) atoms. The number of nitriles is 1. The smallest absolute Gasteiger partial charge is 0.148 e. The highest BCUT2D eigenvalue weighted by molar-refractivity contribution is 5.53. The number of hydrogen-bond acceptors (Lipinski definition) is 3. The fourth-order valence-electron chi connectivity index (χ4n) is 1.58. The van der Waals surface area contributed by atoms with Gasteiger partial charge in [0.15, 0.2) is 0 Å². The van der Waals surface area contributed by atoms with Crippen LogP contribution in [0.3, 0.4) is 0 Å². The normalized spacial score (nSPS) is 13.9. The first-order chi connectivity index (χ1) is 7.67. The topological polar surface area (TPSA) is 45.0 Å². The van der Waals surface area contributed by atoms with Crippen LogP contribution in [-0.4, -0.2) is 19.3 Å². The first-order valence-corrected chi connectivity index (χ1v) is 5.41. The minimum absolute atomic E-state index is 0.383. The molecule has 1 unspecified atom stereocenters. The second-order valence-corrected chi connectivity index (χ2v) is 3.92. The molecule has 3 nitrogen and oxygen atoms in total. The Morgan fingerprint density at radius 2 is 2.12 bits per heavy atom. The summed E-state index contributed by atoms with van der Waals surface area (Å²) in [5.41, 5.74) is 1.48. The van der Waals surface area contributed by atoms with Crippen molar-refractivity contribution in [2.24, 2.45) is 0 Å². The Hall–Kier alpha value is -1.53. The first kappa shape index (κ1) is 12.5. The fourth-order valence-corrected chi connectivity index (χ4v) is 1.58. The number of aryl methyl sites for hydroxylation is 1. The van der Waals surface area contributed by atoms with Gasteiger partial charge in [-0.2, -0.15) is 5.26 Å². The van der Waals surface area contributed by atoms with Crippen LogP contribution in [-0.2, 0) is 4.74 Å². The molecule has 1 aromatic carbocycles. The van der Waals surface area contributed by atoms with Crippen molar-refractivity contribution in [1.82, 2.24) is 0 Å². The largest absolute Gasteiger partial charge is 0.381 e. The second-order valence-electron chi connectivity index (χ2n) is 3.92. The summed E-state index contributed by atoms with van der Waals surface area (Å²) < 4.78 is 5.12. The van der Waals surface area contributed by atoms with Crippen molar-refractivity contribution >= 4 is 5.69 Å². The molecule has 3 heteroatoms. The Kier molecular flexibility index (Phi) is 4.33. The summed E-state index contributed by atoms with van der Waals surface area (Å²) in [6, 6.07) is 10.2. The van der Waals surface area contributed by atoms with E-state index in [1.165, 1.54) is 0 Å². The van der Waals surface area contributed by atoms with Crippen molar-refractivity contribution in [2.75, 3.05) is 19.0 Å². The third kappa shape index (κ3) is 2.74. The van der Waals surface area contributed by atoms with Gasteiger partial charge in [0.25, 0.3) is 0 Å². The summed E-state index contributed by atoms with van der Waals surface area (Å²) in [6.45, 7) is 4.38. The van der Waals surface area contributed by atoms with E-state index in [1.54, 1.807) is 7.11 Å². The zero-order valence-electron chi connectivity index (χ0n) is 10.1. The van der Waals surface area contributed by atoms with Crippen LogP contribution in [0.4, 0.5) is 5.69 Å². The highest BCUT2D eigenvalue weighted by atomic mass is 16.5. The molecule has 0 fully saturated rings. The third-order valence-electron chi connectivity index (χ3n) is 2.73. The molecular formula is C13H18N2O. The van der Waals surface area contributed by atoms with Gasteiger partial charge in [-0.3, -0.25) is 0 Å². The van der Waals surface area contributed by atoms with Crippen LogP contribution < -0.4 is 5.32 Å². The van der Waals surface area contributed by atoms with Gasteiger partial charge >= 0.3 is 0 Å². The predicted octanol–water partition coefficient (Wildman–Crippen LogP) is 2.73. The molecule has 0 bridgehead atoms. The quantitative estimate of drug-likeness (QED) is 0.826. The zero-order valence-corrected chi connectivity index (χ0v) is 10.1. The van der Waals surface area contributed by atoms with E-state index >= 15 is 0 Å².